The molecule has 2 amide bonds. The molecule has 0 atom stereocenters. The van der Waals surface area contributed by atoms with Crippen LogP contribution in [-0.4, -0.2) is 35.5 Å². The number of hydrogen-bond acceptors (Lipinski definition) is 3. The second kappa shape index (κ2) is 4.51. The number of rotatable bonds is 0. The van der Waals surface area contributed by atoms with E-state index < -0.39 is 5.66 Å². The van der Waals surface area contributed by atoms with Gasteiger partial charge in [-0.3, -0.25) is 9.59 Å². The molecule has 0 aromatic heterocycles. The highest BCUT2D eigenvalue weighted by Gasteiger charge is 2.40. The first-order valence-corrected chi connectivity index (χ1v) is 6.97. The smallest absolute Gasteiger partial charge is 0.255 e. The van der Waals surface area contributed by atoms with Gasteiger partial charge in [0, 0.05) is 32.9 Å². The first-order chi connectivity index (χ1) is 9.51. The number of nitrogens with one attached hydrogen (secondary N) is 2. The number of amides is 2. The Kier molecular flexibility index (Phi) is 2.92. The van der Waals surface area contributed by atoms with Gasteiger partial charge >= 0.3 is 0 Å². The van der Waals surface area contributed by atoms with Crippen LogP contribution in [0.1, 0.15) is 35.7 Å². The van der Waals surface area contributed by atoms with Crippen LogP contribution in [0.15, 0.2) is 18.2 Å². The number of benzene rings is 1. The van der Waals surface area contributed by atoms with E-state index in [0.717, 1.165) is 24.1 Å². The minimum Gasteiger partial charge on any atom is -0.362 e. The Morgan fingerprint density at radius 1 is 1.25 bits per heavy atom. The third kappa shape index (κ3) is 2.03. The van der Waals surface area contributed by atoms with Crippen LogP contribution < -0.4 is 10.6 Å². The lowest BCUT2D eigenvalue weighted by atomic mass is 9.91. The van der Waals surface area contributed by atoms with Crippen molar-refractivity contribution in [3.8, 4) is 0 Å². The zero-order valence-electron chi connectivity index (χ0n) is 11.8. The lowest BCUT2D eigenvalue weighted by Crippen LogP contribution is -2.62. The fourth-order valence-electron chi connectivity index (χ4n) is 3.03. The molecule has 1 saturated heterocycles. The molecule has 2 aliphatic rings. The Hall–Kier alpha value is -2.04. The van der Waals surface area contributed by atoms with Gasteiger partial charge in [0.1, 0.15) is 5.66 Å². The fraction of sp³-hybridized carbons (Fsp3) is 0.467. The SMILES string of the molecule is CC(=O)N1CCC2(CC1)NC(=O)c1cccc(C)c1N2. The first kappa shape index (κ1) is 13.0. The summed E-state index contributed by atoms with van der Waals surface area (Å²) in [5.74, 6) is 0.0669. The third-order valence-corrected chi connectivity index (χ3v) is 4.30. The van der Waals surface area contributed by atoms with E-state index in [4.69, 9.17) is 0 Å². The summed E-state index contributed by atoms with van der Waals surface area (Å²) in [6.07, 6.45) is 1.46. The predicted octanol–water partition coefficient (Wildman–Crippen LogP) is 1.49. The summed E-state index contributed by atoms with van der Waals surface area (Å²) in [6.45, 7) is 4.93. The first-order valence-electron chi connectivity index (χ1n) is 6.97. The number of carbonyl (C=O) groups is 2. The Morgan fingerprint density at radius 2 is 1.95 bits per heavy atom. The van der Waals surface area contributed by atoms with E-state index in [0.29, 0.717) is 18.7 Å². The molecule has 2 N–H and O–H groups in total. The summed E-state index contributed by atoms with van der Waals surface area (Å²) in [7, 11) is 0. The average Bonchev–Trinajstić information content (AvgIpc) is 2.41. The summed E-state index contributed by atoms with van der Waals surface area (Å²) >= 11 is 0. The molecule has 5 heteroatoms. The molecule has 1 spiro atoms. The summed E-state index contributed by atoms with van der Waals surface area (Å²) in [4.78, 5) is 25.5. The summed E-state index contributed by atoms with van der Waals surface area (Å²) < 4.78 is 0. The summed E-state index contributed by atoms with van der Waals surface area (Å²) in [6, 6.07) is 5.73. The van der Waals surface area contributed by atoms with Crippen molar-refractivity contribution in [1.82, 2.24) is 10.2 Å². The van der Waals surface area contributed by atoms with Gasteiger partial charge in [-0.05, 0) is 18.6 Å². The number of para-hydroxylation sites is 1. The normalized spacial score (nSPS) is 20.1. The highest BCUT2D eigenvalue weighted by molar-refractivity contribution is 6.02. The molecule has 3 rings (SSSR count). The minimum atomic E-state index is -0.415. The average molecular weight is 273 g/mol. The maximum absolute atomic E-state index is 12.3. The quantitative estimate of drug-likeness (QED) is 0.753. The van der Waals surface area contributed by atoms with Crippen molar-refractivity contribution >= 4 is 17.5 Å². The van der Waals surface area contributed by atoms with Crippen LogP contribution in [0.25, 0.3) is 0 Å². The number of aryl methyl sites for hydroxylation is 1. The maximum Gasteiger partial charge on any atom is 0.255 e. The number of fused-ring (bicyclic) bond motifs is 1. The van der Waals surface area contributed by atoms with E-state index in [2.05, 4.69) is 10.6 Å². The number of piperidine rings is 1. The molecule has 0 saturated carbocycles. The topological polar surface area (TPSA) is 61.4 Å². The number of nitrogens with zero attached hydrogens (tertiary/aromatic N) is 1. The van der Waals surface area contributed by atoms with Crippen molar-refractivity contribution in [2.75, 3.05) is 18.4 Å². The molecule has 20 heavy (non-hydrogen) atoms. The lowest BCUT2D eigenvalue weighted by molar-refractivity contribution is -0.130. The van der Waals surface area contributed by atoms with E-state index in [1.165, 1.54) is 0 Å². The van der Waals surface area contributed by atoms with Crippen molar-refractivity contribution in [1.29, 1.82) is 0 Å². The number of carbonyl (C=O) groups excluding carboxylic acids is 2. The zero-order valence-corrected chi connectivity index (χ0v) is 11.8. The van der Waals surface area contributed by atoms with Crippen molar-refractivity contribution in [2.45, 2.75) is 32.4 Å². The van der Waals surface area contributed by atoms with Crippen molar-refractivity contribution < 1.29 is 9.59 Å². The van der Waals surface area contributed by atoms with E-state index >= 15 is 0 Å². The lowest BCUT2D eigenvalue weighted by Gasteiger charge is -2.46. The molecular formula is C15H19N3O2. The second-order valence-corrected chi connectivity index (χ2v) is 5.66. The molecule has 106 valence electrons. The molecule has 2 aliphatic heterocycles. The van der Waals surface area contributed by atoms with Crippen molar-refractivity contribution in [3.05, 3.63) is 29.3 Å². The highest BCUT2D eigenvalue weighted by atomic mass is 16.2. The molecule has 5 nitrogen and oxygen atoms in total. The minimum absolute atomic E-state index is 0.0290. The number of likely N-dealkylation sites (tertiary alicyclic amines) is 1. The van der Waals surface area contributed by atoms with Crippen molar-refractivity contribution in [3.63, 3.8) is 0 Å². The van der Waals surface area contributed by atoms with E-state index in [9.17, 15) is 9.59 Å². The summed E-state index contributed by atoms with van der Waals surface area (Å²) in [5.41, 5.74) is 2.28. The Bertz CT molecular complexity index is 574. The Morgan fingerprint density at radius 3 is 2.60 bits per heavy atom. The van der Waals surface area contributed by atoms with E-state index in [1.54, 1.807) is 6.92 Å². The Balaban J connectivity index is 1.87. The van der Waals surface area contributed by atoms with Crippen molar-refractivity contribution in [2.24, 2.45) is 0 Å². The summed E-state index contributed by atoms with van der Waals surface area (Å²) in [5, 5.41) is 6.59. The van der Waals surface area contributed by atoms with Crippen LogP contribution in [0.5, 0.6) is 0 Å². The van der Waals surface area contributed by atoms with Gasteiger partial charge in [0.2, 0.25) is 5.91 Å². The van der Waals surface area contributed by atoms with Crippen LogP contribution in [-0.2, 0) is 4.79 Å². The van der Waals surface area contributed by atoms with E-state index in [1.807, 2.05) is 30.0 Å². The molecule has 0 aliphatic carbocycles. The molecule has 1 fully saturated rings. The van der Waals surface area contributed by atoms with Crippen LogP contribution >= 0.6 is 0 Å². The van der Waals surface area contributed by atoms with Gasteiger partial charge in [0.05, 0.1) is 11.3 Å². The number of hydrogen-bond donors (Lipinski definition) is 2. The molecule has 2 heterocycles. The second-order valence-electron chi connectivity index (χ2n) is 5.66. The van der Waals surface area contributed by atoms with Gasteiger partial charge in [-0.2, -0.15) is 0 Å². The fourth-order valence-corrected chi connectivity index (χ4v) is 3.03. The van der Waals surface area contributed by atoms with E-state index in [-0.39, 0.29) is 11.8 Å². The molecule has 0 bridgehead atoms. The van der Waals surface area contributed by atoms with Crippen LogP contribution in [0, 0.1) is 6.92 Å². The van der Waals surface area contributed by atoms with Crippen LogP contribution in [0.4, 0.5) is 5.69 Å². The predicted molar refractivity (Wildman–Crippen MR) is 76.5 cm³/mol. The monoisotopic (exact) mass is 273 g/mol. The molecule has 0 radical (unpaired) electrons. The van der Waals surface area contributed by atoms with Crippen LogP contribution in [0.2, 0.25) is 0 Å². The maximum atomic E-state index is 12.3. The van der Waals surface area contributed by atoms with Gasteiger partial charge in [-0.25, -0.2) is 0 Å². The van der Waals surface area contributed by atoms with Gasteiger partial charge < -0.3 is 15.5 Å². The zero-order chi connectivity index (χ0) is 14.3. The highest BCUT2D eigenvalue weighted by Crippen LogP contribution is 2.33. The molecule has 1 aromatic carbocycles. The molecule has 0 unspecified atom stereocenters. The Labute approximate surface area is 118 Å². The van der Waals surface area contributed by atoms with Gasteiger partial charge in [0.25, 0.3) is 5.91 Å². The van der Waals surface area contributed by atoms with Gasteiger partial charge in [0.15, 0.2) is 0 Å². The van der Waals surface area contributed by atoms with Gasteiger partial charge in [-0.1, -0.05) is 12.1 Å². The number of anilines is 1. The van der Waals surface area contributed by atoms with Crippen LogP contribution in [0.3, 0.4) is 0 Å². The third-order valence-electron chi connectivity index (χ3n) is 4.30. The van der Waals surface area contributed by atoms with Gasteiger partial charge in [-0.15, -0.1) is 0 Å². The molecular weight excluding hydrogens is 254 g/mol. The largest absolute Gasteiger partial charge is 0.362 e. The molecule has 1 aromatic rings. The standard InChI is InChI=1S/C15H19N3O2/c1-10-4-3-5-12-13(10)16-15(17-14(12)20)6-8-18(9-7-15)11(2)19/h3-5,16H,6-9H2,1-2H3,(H,17,20).